The molecule has 0 N–H and O–H groups in total. The zero-order valence-electron chi connectivity index (χ0n) is 6.52. The van der Waals surface area contributed by atoms with E-state index >= 15 is 0 Å². The Kier molecular flexibility index (Phi) is 3.34. The number of halogens is 4. The van der Waals surface area contributed by atoms with E-state index in [1.165, 1.54) is 7.11 Å². The molecule has 1 aromatic heterocycles. The van der Waals surface area contributed by atoms with Gasteiger partial charge in [-0.1, -0.05) is 0 Å². The molecular formula is C7H5F3INO. The summed E-state index contributed by atoms with van der Waals surface area (Å²) in [6, 6.07) is 0. The lowest BCUT2D eigenvalue weighted by Crippen LogP contribution is -2.00. The van der Waals surface area contributed by atoms with Gasteiger partial charge in [-0.15, -0.1) is 0 Å². The van der Waals surface area contributed by atoms with Crippen molar-refractivity contribution in [3.8, 4) is 5.75 Å². The van der Waals surface area contributed by atoms with Gasteiger partial charge >= 0.3 is 0 Å². The summed E-state index contributed by atoms with van der Waals surface area (Å²) in [7, 11) is 1.21. The molecule has 0 aliphatic rings. The van der Waals surface area contributed by atoms with Crippen molar-refractivity contribution in [2.75, 3.05) is 7.11 Å². The second kappa shape index (κ2) is 4.12. The van der Waals surface area contributed by atoms with Crippen molar-refractivity contribution in [1.82, 2.24) is 4.98 Å². The van der Waals surface area contributed by atoms with Gasteiger partial charge in [0.05, 0.1) is 12.7 Å². The Labute approximate surface area is 86.3 Å². The predicted octanol–water partition coefficient (Wildman–Crippen LogP) is 2.77. The molecule has 0 bridgehead atoms. The van der Waals surface area contributed by atoms with Crippen LogP contribution in [0, 0.1) is 9.52 Å². The summed E-state index contributed by atoms with van der Waals surface area (Å²) in [5.41, 5.74) is -0.739. The van der Waals surface area contributed by atoms with E-state index in [1.54, 1.807) is 22.6 Å². The van der Waals surface area contributed by atoms with Gasteiger partial charge in [0.1, 0.15) is 3.70 Å². The summed E-state index contributed by atoms with van der Waals surface area (Å²) in [6.45, 7) is 0. The molecule has 0 aromatic carbocycles. The molecule has 0 fully saturated rings. The molecule has 0 spiro atoms. The third-order valence-electron chi connectivity index (χ3n) is 1.40. The Balaban J connectivity index is 3.27. The predicted molar refractivity (Wildman–Crippen MR) is 48.4 cm³/mol. The van der Waals surface area contributed by atoms with E-state index in [-0.39, 0.29) is 9.45 Å². The van der Waals surface area contributed by atoms with Crippen LogP contribution in [0.2, 0.25) is 0 Å². The minimum absolute atomic E-state index is 0.224. The number of nitrogens with zero attached hydrogens (tertiary/aromatic N) is 1. The van der Waals surface area contributed by atoms with Crippen molar-refractivity contribution < 1.29 is 17.9 Å². The average Bonchev–Trinajstić information content (AvgIpc) is 2.04. The number of aromatic nitrogens is 1. The topological polar surface area (TPSA) is 22.1 Å². The SMILES string of the molecule is COc1c(I)ncc(C(F)F)c1F. The molecule has 1 rings (SSSR count). The molecule has 0 unspecified atom stereocenters. The van der Waals surface area contributed by atoms with Gasteiger partial charge in [-0.2, -0.15) is 0 Å². The van der Waals surface area contributed by atoms with E-state index < -0.39 is 17.8 Å². The van der Waals surface area contributed by atoms with Crippen molar-refractivity contribution in [2.24, 2.45) is 0 Å². The highest BCUT2D eigenvalue weighted by Gasteiger charge is 2.20. The molecule has 0 atom stereocenters. The maximum Gasteiger partial charge on any atom is 0.268 e. The van der Waals surface area contributed by atoms with Gasteiger partial charge in [-0.3, -0.25) is 0 Å². The third-order valence-corrected chi connectivity index (χ3v) is 2.16. The van der Waals surface area contributed by atoms with Crippen LogP contribution in [0.1, 0.15) is 12.0 Å². The summed E-state index contributed by atoms with van der Waals surface area (Å²) in [5.74, 6) is -1.28. The lowest BCUT2D eigenvalue weighted by Gasteiger charge is -2.07. The maximum absolute atomic E-state index is 13.1. The summed E-state index contributed by atoms with van der Waals surface area (Å²) >= 11 is 1.71. The molecule has 1 aromatic rings. The Hall–Kier alpha value is -0.530. The van der Waals surface area contributed by atoms with Gasteiger partial charge in [0.25, 0.3) is 6.43 Å². The van der Waals surface area contributed by atoms with Crippen LogP contribution in [-0.2, 0) is 0 Å². The van der Waals surface area contributed by atoms with E-state index in [0.29, 0.717) is 0 Å². The zero-order chi connectivity index (χ0) is 10.0. The van der Waals surface area contributed by atoms with Gasteiger partial charge in [-0.05, 0) is 22.6 Å². The number of hydrogen-bond donors (Lipinski definition) is 0. The second-order valence-electron chi connectivity index (χ2n) is 2.15. The summed E-state index contributed by atoms with van der Waals surface area (Å²) < 4.78 is 42.2. The monoisotopic (exact) mass is 303 g/mol. The van der Waals surface area contributed by atoms with Crippen molar-refractivity contribution >= 4 is 22.6 Å². The summed E-state index contributed by atoms with van der Waals surface area (Å²) in [6.07, 6.45) is -2.07. The fourth-order valence-corrected chi connectivity index (χ4v) is 1.39. The highest BCUT2D eigenvalue weighted by atomic mass is 127. The first-order chi connectivity index (χ1) is 6.07. The van der Waals surface area contributed by atoms with Crippen LogP contribution in [-0.4, -0.2) is 12.1 Å². The van der Waals surface area contributed by atoms with Crippen molar-refractivity contribution in [2.45, 2.75) is 6.43 Å². The average molecular weight is 303 g/mol. The van der Waals surface area contributed by atoms with E-state index in [2.05, 4.69) is 9.72 Å². The molecule has 1 heterocycles. The lowest BCUT2D eigenvalue weighted by molar-refractivity contribution is 0.144. The first kappa shape index (κ1) is 10.6. The fraction of sp³-hybridized carbons (Fsp3) is 0.286. The smallest absolute Gasteiger partial charge is 0.268 e. The number of hydrogen-bond acceptors (Lipinski definition) is 2. The first-order valence-corrected chi connectivity index (χ1v) is 4.31. The van der Waals surface area contributed by atoms with Crippen LogP contribution in [0.3, 0.4) is 0 Å². The number of rotatable bonds is 2. The Morgan fingerprint density at radius 1 is 1.54 bits per heavy atom. The van der Waals surface area contributed by atoms with Gasteiger partial charge in [0, 0.05) is 6.20 Å². The van der Waals surface area contributed by atoms with Crippen LogP contribution in [0.5, 0.6) is 5.75 Å². The van der Waals surface area contributed by atoms with Crippen LogP contribution in [0.15, 0.2) is 6.20 Å². The van der Waals surface area contributed by atoms with Gasteiger partial charge < -0.3 is 4.74 Å². The standard InChI is InChI=1S/C7H5F3INO/c1-13-5-4(8)3(6(9)10)2-12-7(5)11/h2,6H,1H3. The number of methoxy groups -OCH3 is 1. The Morgan fingerprint density at radius 3 is 2.62 bits per heavy atom. The van der Waals surface area contributed by atoms with Gasteiger partial charge in [0.15, 0.2) is 11.6 Å². The second-order valence-corrected chi connectivity index (χ2v) is 3.17. The Bertz CT molecular complexity index is 319. The molecule has 0 aliphatic carbocycles. The van der Waals surface area contributed by atoms with E-state index in [1.807, 2.05) is 0 Å². The molecule has 13 heavy (non-hydrogen) atoms. The summed E-state index contributed by atoms with van der Waals surface area (Å²) in [4.78, 5) is 3.57. The van der Waals surface area contributed by atoms with Crippen LogP contribution in [0.25, 0.3) is 0 Å². The zero-order valence-corrected chi connectivity index (χ0v) is 8.68. The fourth-order valence-electron chi connectivity index (χ4n) is 0.789. The molecule has 0 radical (unpaired) electrons. The van der Waals surface area contributed by atoms with Crippen molar-refractivity contribution in [3.05, 3.63) is 21.3 Å². The normalized spacial score (nSPS) is 10.6. The van der Waals surface area contributed by atoms with Crippen LogP contribution >= 0.6 is 22.6 Å². The third kappa shape index (κ3) is 2.04. The number of alkyl halides is 2. The molecule has 72 valence electrons. The first-order valence-electron chi connectivity index (χ1n) is 3.24. The molecule has 6 heteroatoms. The number of pyridine rings is 1. The van der Waals surface area contributed by atoms with Gasteiger partial charge in [0.2, 0.25) is 0 Å². The minimum atomic E-state index is -2.88. The molecular weight excluding hydrogens is 298 g/mol. The minimum Gasteiger partial charge on any atom is -0.491 e. The van der Waals surface area contributed by atoms with Crippen molar-refractivity contribution in [3.63, 3.8) is 0 Å². The maximum atomic E-state index is 13.1. The molecule has 0 saturated heterocycles. The molecule has 0 saturated carbocycles. The highest BCUT2D eigenvalue weighted by molar-refractivity contribution is 14.1. The largest absolute Gasteiger partial charge is 0.491 e. The lowest BCUT2D eigenvalue weighted by atomic mass is 10.3. The molecule has 2 nitrogen and oxygen atoms in total. The van der Waals surface area contributed by atoms with Gasteiger partial charge in [-0.25, -0.2) is 18.2 Å². The van der Waals surface area contributed by atoms with Crippen molar-refractivity contribution in [1.29, 1.82) is 0 Å². The summed E-state index contributed by atoms with van der Waals surface area (Å²) in [5, 5.41) is 0. The molecule has 0 aliphatic heterocycles. The highest BCUT2D eigenvalue weighted by Crippen LogP contribution is 2.30. The van der Waals surface area contributed by atoms with E-state index in [9.17, 15) is 13.2 Å². The van der Waals surface area contributed by atoms with Crippen LogP contribution in [0.4, 0.5) is 13.2 Å². The quantitative estimate of drug-likeness (QED) is 0.619. The Morgan fingerprint density at radius 2 is 2.15 bits per heavy atom. The van der Waals surface area contributed by atoms with E-state index in [4.69, 9.17) is 0 Å². The molecule has 0 amide bonds. The number of ether oxygens (including phenoxy) is 1. The van der Waals surface area contributed by atoms with Crippen LogP contribution < -0.4 is 4.74 Å². The van der Waals surface area contributed by atoms with E-state index in [0.717, 1.165) is 6.20 Å².